The zero-order valence-electron chi connectivity index (χ0n) is 10.4. The minimum Gasteiger partial charge on any atom is -0.352 e. The highest BCUT2D eigenvalue weighted by Crippen LogP contribution is 2.20. The molecule has 0 bridgehead atoms. The molecule has 0 aliphatic heterocycles. The Morgan fingerprint density at radius 2 is 2.06 bits per heavy atom. The van der Waals surface area contributed by atoms with Crippen molar-refractivity contribution in [2.75, 3.05) is 13.6 Å². The summed E-state index contributed by atoms with van der Waals surface area (Å²) in [5, 5.41) is 6.02. The van der Waals surface area contributed by atoms with Crippen LogP contribution in [0, 0.1) is 0 Å². The number of carbonyl (C=O) groups is 1. The third-order valence-electron chi connectivity index (χ3n) is 2.81. The molecule has 0 atom stereocenters. The van der Waals surface area contributed by atoms with Crippen LogP contribution in [-0.4, -0.2) is 19.5 Å². The molecule has 2 N–H and O–H groups in total. The molecule has 0 aliphatic rings. The molecular formula is C13H20N2O. The van der Waals surface area contributed by atoms with Crippen molar-refractivity contribution in [3.05, 3.63) is 35.4 Å². The lowest BCUT2D eigenvalue weighted by Gasteiger charge is -2.25. The average Bonchev–Trinajstić information content (AvgIpc) is 2.29. The monoisotopic (exact) mass is 220 g/mol. The van der Waals surface area contributed by atoms with E-state index < -0.39 is 0 Å². The highest BCUT2D eigenvalue weighted by Gasteiger charge is 2.18. The van der Waals surface area contributed by atoms with Gasteiger partial charge in [-0.2, -0.15) is 0 Å². The van der Waals surface area contributed by atoms with Gasteiger partial charge in [-0.15, -0.1) is 0 Å². The quantitative estimate of drug-likeness (QED) is 0.813. The Balaban J connectivity index is 3.00. The van der Waals surface area contributed by atoms with Crippen LogP contribution in [0.4, 0.5) is 0 Å². The van der Waals surface area contributed by atoms with Gasteiger partial charge in [0.15, 0.2) is 0 Å². The van der Waals surface area contributed by atoms with Gasteiger partial charge in [-0.05, 0) is 45.5 Å². The molecule has 1 amide bonds. The van der Waals surface area contributed by atoms with Crippen molar-refractivity contribution in [2.45, 2.75) is 26.3 Å². The summed E-state index contributed by atoms with van der Waals surface area (Å²) in [6.07, 6.45) is 0. The van der Waals surface area contributed by atoms with E-state index >= 15 is 0 Å². The lowest BCUT2D eigenvalue weighted by atomic mass is 9.93. The van der Waals surface area contributed by atoms with Crippen LogP contribution in [0.25, 0.3) is 0 Å². The molecule has 0 saturated carbocycles. The summed E-state index contributed by atoms with van der Waals surface area (Å²) in [4.78, 5) is 11.7. The maximum Gasteiger partial charge on any atom is 0.251 e. The van der Waals surface area contributed by atoms with Crippen LogP contribution in [0.5, 0.6) is 0 Å². The number of rotatable bonds is 4. The van der Waals surface area contributed by atoms with Crippen LogP contribution in [0.2, 0.25) is 0 Å². The van der Waals surface area contributed by atoms with E-state index in [9.17, 15) is 4.79 Å². The van der Waals surface area contributed by atoms with Crippen molar-refractivity contribution in [3.63, 3.8) is 0 Å². The van der Waals surface area contributed by atoms with Gasteiger partial charge < -0.3 is 10.6 Å². The molecule has 0 saturated heterocycles. The van der Waals surface area contributed by atoms with Crippen molar-refractivity contribution in [2.24, 2.45) is 0 Å². The Hall–Kier alpha value is -1.35. The van der Waals surface area contributed by atoms with Gasteiger partial charge in [-0.1, -0.05) is 12.1 Å². The Morgan fingerprint density at radius 1 is 1.38 bits per heavy atom. The molecule has 1 aromatic rings. The zero-order chi connectivity index (χ0) is 12.2. The second-order valence-corrected chi connectivity index (χ2v) is 4.32. The topological polar surface area (TPSA) is 41.1 Å². The number of carbonyl (C=O) groups excluding carboxylic acids is 1. The first-order valence-electron chi connectivity index (χ1n) is 5.59. The number of hydrogen-bond acceptors (Lipinski definition) is 2. The molecule has 88 valence electrons. The van der Waals surface area contributed by atoms with Gasteiger partial charge in [0.05, 0.1) is 0 Å². The van der Waals surface area contributed by atoms with Gasteiger partial charge in [0.25, 0.3) is 5.91 Å². The van der Waals surface area contributed by atoms with E-state index in [0.29, 0.717) is 12.1 Å². The van der Waals surface area contributed by atoms with Crippen molar-refractivity contribution < 1.29 is 4.79 Å². The Bertz CT molecular complexity index is 372. The van der Waals surface area contributed by atoms with Crippen LogP contribution in [0.15, 0.2) is 24.3 Å². The minimum atomic E-state index is -0.123. The van der Waals surface area contributed by atoms with Gasteiger partial charge in [-0.3, -0.25) is 4.79 Å². The predicted molar refractivity (Wildman–Crippen MR) is 66.5 cm³/mol. The summed E-state index contributed by atoms with van der Waals surface area (Å²) in [5.41, 5.74) is 1.70. The highest BCUT2D eigenvalue weighted by atomic mass is 16.1. The van der Waals surface area contributed by atoms with E-state index in [2.05, 4.69) is 24.5 Å². The first kappa shape index (κ1) is 12.7. The fourth-order valence-electron chi connectivity index (χ4n) is 1.46. The molecule has 16 heavy (non-hydrogen) atoms. The predicted octanol–water partition coefficient (Wildman–Crippen LogP) is 1.89. The van der Waals surface area contributed by atoms with E-state index in [4.69, 9.17) is 0 Å². The third kappa shape index (κ3) is 2.83. The molecule has 1 aromatic carbocycles. The van der Waals surface area contributed by atoms with Crippen LogP contribution in [0.3, 0.4) is 0 Å². The van der Waals surface area contributed by atoms with Crippen molar-refractivity contribution in [1.29, 1.82) is 0 Å². The Labute approximate surface area is 97.2 Å². The highest BCUT2D eigenvalue weighted by molar-refractivity contribution is 5.94. The van der Waals surface area contributed by atoms with Crippen LogP contribution in [0.1, 0.15) is 36.7 Å². The minimum absolute atomic E-state index is 0.0174. The Kier molecular flexibility index (Phi) is 4.07. The summed E-state index contributed by atoms with van der Waals surface area (Å²) >= 11 is 0. The maximum atomic E-state index is 11.7. The zero-order valence-corrected chi connectivity index (χ0v) is 10.4. The van der Waals surface area contributed by atoms with E-state index in [1.807, 2.05) is 38.2 Å². The molecule has 0 fully saturated rings. The van der Waals surface area contributed by atoms with E-state index in [1.54, 1.807) is 0 Å². The van der Waals surface area contributed by atoms with Crippen molar-refractivity contribution >= 4 is 5.91 Å². The SMILES string of the molecule is CCNC(=O)c1cccc(C(C)(C)NC)c1. The van der Waals surface area contributed by atoms with Gasteiger partial charge in [0, 0.05) is 17.6 Å². The second kappa shape index (κ2) is 5.12. The van der Waals surface area contributed by atoms with Gasteiger partial charge in [-0.25, -0.2) is 0 Å². The molecule has 3 nitrogen and oxygen atoms in total. The molecule has 0 radical (unpaired) electrons. The number of nitrogens with one attached hydrogen (secondary N) is 2. The Morgan fingerprint density at radius 3 is 2.62 bits per heavy atom. The fraction of sp³-hybridized carbons (Fsp3) is 0.462. The lowest BCUT2D eigenvalue weighted by molar-refractivity contribution is 0.0955. The third-order valence-corrected chi connectivity index (χ3v) is 2.81. The summed E-state index contributed by atoms with van der Waals surface area (Å²) in [6, 6.07) is 7.71. The standard InChI is InChI=1S/C13H20N2O/c1-5-15-12(16)10-7-6-8-11(9-10)13(2,3)14-4/h6-9,14H,5H2,1-4H3,(H,15,16). The summed E-state index contributed by atoms with van der Waals surface area (Å²) in [6.45, 7) is 6.74. The molecule has 0 spiro atoms. The van der Waals surface area contributed by atoms with Gasteiger partial charge in [0.1, 0.15) is 0 Å². The molecular weight excluding hydrogens is 200 g/mol. The first-order chi connectivity index (χ1) is 7.51. The smallest absolute Gasteiger partial charge is 0.251 e. The number of amides is 1. The molecule has 0 heterocycles. The second-order valence-electron chi connectivity index (χ2n) is 4.32. The average molecular weight is 220 g/mol. The number of benzene rings is 1. The first-order valence-corrected chi connectivity index (χ1v) is 5.59. The van der Waals surface area contributed by atoms with Crippen molar-refractivity contribution in [1.82, 2.24) is 10.6 Å². The largest absolute Gasteiger partial charge is 0.352 e. The van der Waals surface area contributed by atoms with E-state index in [-0.39, 0.29) is 11.4 Å². The van der Waals surface area contributed by atoms with Crippen LogP contribution >= 0.6 is 0 Å². The summed E-state index contributed by atoms with van der Waals surface area (Å²) in [7, 11) is 1.92. The van der Waals surface area contributed by atoms with Gasteiger partial charge >= 0.3 is 0 Å². The van der Waals surface area contributed by atoms with E-state index in [0.717, 1.165) is 5.56 Å². The normalized spacial score (nSPS) is 11.2. The van der Waals surface area contributed by atoms with E-state index in [1.165, 1.54) is 0 Å². The van der Waals surface area contributed by atoms with Gasteiger partial charge in [0.2, 0.25) is 0 Å². The summed E-state index contributed by atoms with van der Waals surface area (Å²) < 4.78 is 0. The summed E-state index contributed by atoms with van der Waals surface area (Å²) in [5.74, 6) is -0.0174. The number of hydrogen-bond donors (Lipinski definition) is 2. The molecule has 1 rings (SSSR count). The molecule has 0 unspecified atom stereocenters. The van der Waals surface area contributed by atoms with Crippen LogP contribution in [-0.2, 0) is 5.54 Å². The lowest BCUT2D eigenvalue weighted by Crippen LogP contribution is -2.33. The molecule has 3 heteroatoms. The van der Waals surface area contributed by atoms with Crippen LogP contribution < -0.4 is 10.6 Å². The molecule has 0 aromatic heterocycles. The molecule has 0 aliphatic carbocycles. The maximum absolute atomic E-state index is 11.7. The fourth-order valence-corrected chi connectivity index (χ4v) is 1.46. The van der Waals surface area contributed by atoms with Crippen molar-refractivity contribution in [3.8, 4) is 0 Å².